The molecule has 1 heteroatoms. The minimum Gasteiger partial charge on any atom is -0.324 e. The number of hydrogen-bond donors (Lipinski definition) is 1. The van der Waals surface area contributed by atoms with Crippen LogP contribution in [0.25, 0.3) is 0 Å². The predicted octanol–water partition coefficient (Wildman–Crippen LogP) is 2.25. The molecule has 0 heterocycles. The quantitative estimate of drug-likeness (QED) is 0.564. The maximum Gasteiger partial charge on any atom is 0.0343 e. The van der Waals surface area contributed by atoms with Crippen molar-refractivity contribution in [2.24, 2.45) is 11.1 Å². The van der Waals surface area contributed by atoms with E-state index in [0.29, 0.717) is 0 Å². The Hall–Kier alpha value is -0.560. The van der Waals surface area contributed by atoms with Crippen LogP contribution in [0.2, 0.25) is 0 Å². The van der Waals surface area contributed by atoms with Crippen LogP contribution >= 0.6 is 0 Å². The van der Waals surface area contributed by atoms with Crippen molar-refractivity contribution in [1.29, 1.82) is 0 Å². The third kappa shape index (κ3) is 1.25. The molecule has 1 unspecified atom stereocenters. The molecule has 0 amide bonds. The topological polar surface area (TPSA) is 26.0 Å². The zero-order valence-electron chi connectivity index (χ0n) is 7.81. The Balaban J connectivity index is 3.03. The molecule has 1 aliphatic carbocycles. The van der Waals surface area contributed by atoms with E-state index in [-0.39, 0.29) is 11.5 Å². The summed E-state index contributed by atoms with van der Waals surface area (Å²) < 4.78 is 0. The highest BCUT2D eigenvalue weighted by molar-refractivity contribution is 5.32. The average molecular weight is 151 g/mol. The van der Waals surface area contributed by atoms with Crippen molar-refractivity contribution in [1.82, 2.24) is 0 Å². The van der Waals surface area contributed by atoms with Crippen LogP contribution in [0.5, 0.6) is 0 Å². The first-order chi connectivity index (χ1) is 4.96. The van der Waals surface area contributed by atoms with E-state index >= 15 is 0 Å². The minimum absolute atomic E-state index is 0.138. The van der Waals surface area contributed by atoms with Gasteiger partial charge in [0.2, 0.25) is 0 Å². The largest absolute Gasteiger partial charge is 0.324 e. The summed E-state index contributed by atoms with van der Waals surface area (Å²) in [4.78, 5) is 0. The number of nitrogens with two attached hydrogens (primary N) is 1. The molecule has 1 atom stereocenters. The van der Waals surface area contributed by atoms with Gasteiger partial charge in [0.1, 0.15) is 0 Å². The van der Waals surface area contributed by atoms with Gasteiger partial charge in [-0.3, -0.25) is 0 Å². The Morgan fingerprint density at radius 1 is 1.27 bits per heavy atom. The van der Waals surface area contributed by atoms with E-state index < -0.39 is 0 Å². The first-order valence-corrected chi connectivity index (χ1v) is 4.07. The molecule has 0 aromatic heterocycles. The number of hydrogen-bond acceptors (Lipinski definition) is 1. The summed E-state index contributed by atoms with van der Waals surface area (Å²) in [5, 5.41) is 0. The van der Waals surface area contributed by atoms with Crippen LogP contribution in [-0.4, -0.2) is 6.04 Å². The molecule has 0 bridgehead atoms. The Bertz CT molecular complexity index is 221. The lowest BCUT2D eigenvalue weighted by Gasteiger charge is -2.36. The molecule has 2 N–H and O–H groups in total. The summed E-state index contributed by atoms with van der Waals surface area (Å²) in [7, 11) is 0. The molecular weight excluding hydrogens is 134 g/mol. The molecule has 0 radical (unpaired) electrons. The first-order valence-electron chi connectivity index (χ1n) is 4.07. The molecule has 1 rings (SSSR count). The second kappa shape index (κ2) is 2.49. The van der Waals surface area contributed by atoms with Gasteiger partial charge in [-0.2, -0.15) is 0 Å². The smallest absolute Gasteiger partial charge is 0.0343 e. The molecule has 0 saturated carbocycles. The van der Waals surface area contributed by atoms with Gasteiger partial charge in [0, 0.05) is 11.5 Å². The van der Waals surface area contributed by atoms with Crippen LogP contribution in [0.4, 0.5) is 0 Å². The van der Waals surface area contributed by atoms with Gasteiger partial charge in [0.15, 0.2) is 0 Å². The molecule has 0 fully saturated rings. The van der Waals surface area contributed by atoms with Gasteiger partial charge in [0.05, 0.1) is 0 Å². The molecule has 62 valence electrons. The summed E-state index contributed by atoms with van der Waals surface area (Å²) in [6.07, 6.45) is 4.28. The van der Waals surface area contributed by atoms with Gasteiger partial charge in [-0.25, -0.2) is 0 Å². The zero-order chi connectivity index (χ0) is 8.65. The van der Waals surface area contributed by atoms with Crippen LogP contribution in [-0.2, 0) is 0 Å². The lowest BCUT2D eigenvalue weighted by molar-refractivity contribution is 0.377. The highest BCUT2D eigenvalue weighted by Crippen LogP contribution is 2.35. The highest BCUT2D eigenvalue weighted by Gasteiger charge is 2.30. The van der Waals surface area contributed by atoms with E-state index in [9.17, 15) is 0 Å². The maximum absolute atomic E-state index is 6.04. The molecule has 0 spiro atoms. The van der Waals surface area contributed by atoms with Crippen LogP contribution in [0.1, 0.15) is 27.7 Å². The third-order valence-electron chi connectivity index (χ3n) is 2.88. The third-order valence-corrected chi connectivity index (χ3v) is 2.88. The van der Waals surface area contributed by atoms with Gasteiger partial charge in [-0.1, -0.05) is 37.1 Å². The summed E-state index contributed by atoms with van der Waals surface area (Å²) in [6.45, 7) is 8.62. The van der Waals surface area contributed by atoms with E-state index in [1.54, 1.807) is 0 Å². The Morgan fingerprint density at radius 2 is 1.82 bits per heavy atom. The number of allylic oxidation sites excluding steroid dienone is 2. The molecule has 1 nitrogen and oxygen atoms in total. The summed E-state index contributed by atoms with van der Waals surface area (Å²) in [5.74, 6) is 0. The van der Waals surface area contributed by atoms with Crippen LogP contribution < -0.4 is 5.73 Å². The normalized spacial score (nSPS) is 29.4. The maximum atomic E-state index is 6.04. The fraction of sp³-hybridized carbons (Fsp3) is 0.600. The Morgan fingerprint density at radius 3 is 2.27 bits per heavy atom. The molecule has 0 saturated heterocycles. The Kier molecular flexibility index (Phi) is 1.93. The molecule has 0 aromatic carbocycles. The standard InChI is InChI=1S/C10H17N/c1-7-5-6-8(2)10(3,4)9(7)11/h5-6,9H,11H2,1-4H3. The predicted molar refractivity (Wildman–Crippen MR) is 49.3 cm³/mol. The van der Waals surface area contributed by atoms with Crippen molar-refractivity contribution in [3.05, 3.63) is 23.3 Å². The first kappa shape index (κ1) is 8.54. The minimum atomic E-state index is 0.138. The van der Waals surface area contributed by atoms with Crippen molar-refractivity contribution in [3.63, 3.8) is 0 Å². The van der Waals surface area contributed by atoms with Crippen molar-refractivity contribution >= 4 is 0 Å². The van der Waals surface area contributed by atoms with E-state index in [2.05, 4.69) is 39.8 Å². The second-order valence-electron chi connectivity index (χ2n) is 3.96. The van der Waals surface area contributed by atoms with Gasteiger partial charge in [0.25, 0.3) is 0 Å². The molecule has 0 aromatic rings. The highest BCUT2D eigenvalue weighted by atomic mass is 14.7. The molecule has 1 aliphatic rings. The molecule has 11 heavy (non-hydrogen) atoms. The van der Waals surface area contributed by atoms with Gasteiger partial charge >= 0.3 is 0 Å². The Labute approximate surface area is 69.0 Å². The lowest BCUT2D eigenvalue weighted by Crippen LogP contribution is -2.40. The monoisotopic (exact) mass is 151 g/mol. The fourth-order valence-corrected chi connectivity index (χ4v) is 1.39. The van der Waals surface area contributed by atoms with Gasteiger partial charge in [-0.15, -0.1) is 0 Å². The van der Waals surface area contributed by atoms with Crippen LogP contribution in [0.15, 0.2) is 23.3 Å². The van der Waals surface area contributed by atoms with E-state index in [4.69, 9.17) is 5.73 Å². The van der Waals surface area contributed by atoms with Gasteiger partial charge < -0.3 is 5.73 Å². The van der Waals surface area contributed by atoms with Gasteiger partial charge in [-0.05, 0) is 13.8 Å². The van der Waals surface area contributed by atoms with E-state index in [1.807, 2.05) is 0 Å². The van der Waals surface area contributed by atoms with Crippen LogP contribution in [0, 0.1) is 5.41 Å². The summed E-state index contributed by atoms with van der Waals surface area (Å²) in [5.41, 5.74) is 8.82. The van der Waals surface area contributed by atoms with Crippen molar-refractivity contribution in [3.8, 4) is 0 Å². The molecule has 0 aliphatic heterocycles. The summed E-state index contributed by atoms with van der Waals surface area (Å²) >= 11 is 0. The van der Waals surface area contributed by atoms with Crippen LogP contribution in [0.3, 0.4) is 0 Å². The van der Waals surface area contributed by atoms with Crippen molar-refractivity contribution < 1.29 is 0 Å². The number of rotatable bonds is 0. The fourth-order valence-electron chi connectivity index (χ4n) is 1.39. The SMILES string of the molecule is CC1=CC=C(C)C(C)(C)C1N. The second-order valence-corrected chi connectivity index (χ2v) is 3.96. The van der Waals surface area contributed by atoms with E-state index in [1.165, 1.54) is 11.1 Å². The van der Waals surface area contributed by atoms with Crippen molar-refractivity contribution in [2.75, 3.05) is 0 Å². The summed E-state index contributed by atoms with van der Waals surface area (Å²) in [6, 6.07) is 0.187. The molecular formula is C10H17N. The zero-order valence-corrected chi connectivity index (χ0v) is 7.81. The van der Waals surface area contributed by atoms with Crippen molar-refractivity contribution in [2.45, 2.75) is 33.7 Å². The van der Waals surface area contributed by atoms with E-state index in [0.717, 1.165) is 0 Å². The lowest BCUT2D eigenvalue weighted by atomic mass is 9.73. The average Bonchev–Trinajstić information content (AvgIpc) is 1.95.